The summed E-state index contributed by atoms with van der Waals surface area (Å²) < 4.78 is 0. The van der Waals surface area contributed by atoms with Crippen molar-refractivity contribution in [3.05, 3.63) is 0 Å². The van der Waals surface area contributed by atoms with Crippen LogP contribution in [0, 0.1) is 0 Å². The summed E-state index contributed by atoms with van der Waals surface area (Å²) in [5, 5.41) is 55.4. The zero-order valence-corrected chi connectivity index (χ0v) is 16.6. The molecule has 0 radical (unpaired) electrons. The van der Waals surface area contributed by atoms with Gasteiger partial charge in [-0.15, -0.1) is 0 Å². The fourth-order valence-electron chi connectivity index (χ4n) is 1.57. The molecule has 2 amide bonds. The number of carboxylic acid groups (broad SMARTS) is 2. The Morgan fingerprint density at radius 1 is 1.10 bits per heavy atom. The fourth-order valence-corrected chi connectivity index (χ4v) is 1.83. The standard InChI is InChI=1S/C10H17N3O6S.C5H10O5/c11-5(10(18)19)1-2-7(14)13-6(4-20)9(17)12-3-8(15)16;6-1-3(8)5(10)4(9)2-7/h5-6,20H,1-4,11H2,(H,12,17)(H,13,14)(H,15,16)(H,18,19);1,3-5,7-10H,2H2/t5-,6-;3-,4+,5-/m00/s1. The van der Waals surface area contributed by atoms with Crippen LogP contribution in [0.4, 0.5) is 0 Å². The molecule has 15 heteroatoms. The number of thiol groups is 1. The molecule has 0 saturated heterocycles. The maximum Gasteiger partial charge on any atom is 0.322 e. The lowest BCUT2D eigenvalue weighted by molar-refractivity contribution is -0.139. The first kappa shape index (κ1) is 29.9. The predicted octanol–water partition coefficient (Wildman–Crippen LogP) is -4.95. The molecular weight excluding hydrogens is 430 g/mol. The van der Waals surface area contributed by atoms with E-state index in [-0.39, 0.29) is 24.9 Å². The first-order valence-electron chi connectivity index (χ1n) is 8.39. The maximum absolute atomic E-state index is 11.5. The van der Waals surface area contributed by atoms with Gasteiger partial charge >= 0.3 is 11.9 Å². The van der Waals surface area contributed by atoms with E-state index in [0.717, 1.165) is 0 Å². The minimum atomic E-state index is -1.64. The van der Waals surface area contributed by atoms with E-state index >= 15 is 0 Å². The summed E-state index contributed by atoms with van der Waals surface area (Å²) in [4.78, 5) is 53.5. The average Bonchev–Trinajstić information content (AvgIpc) is 2.72. The summed E-state index contributed by atoms with van der Waals surface area (Å²) in [6.45, 7) is -1.26. The molecule has 0 aromatic carbocycles. The predicted molar refractivity (Wildman–Crippen MR) is 102 cm³/mol. The van der Waals surface area contributed by atoms with Gasteiger partial charge in [-0.1, -0.05) is 0 Å². The van der Waals surface area contributed by atoms with Gasteiger partial charge in [0, 0.05) is 12.2 Å². The topological polar surface area (TPSA) is 257 Å². The van der Waals surface area contributed by atoms with Crippen molar-refractivity contribution in [3.63, 3.8) is 0 Å². The van der Waals surface area contributed by atoms with Crippen LogP contribution in [0.5, 0.6) is 0 Å². The lowest BCUT2D eigenvalue weighted by atomic mass is 10.1. The highest BCUT2D eigenvalue weighted by Gasteiger charge is 2.23. The summed E-state index contributed by atoms with van der Waals surface area (Å²) in [6, 6.07) is -2.15. The number of aliphatic carboxylic acids is 2. The van der Waals surface area contributed by atoms with E-state index in [0.29, 0.717) is 0 Å². The molecule has 174 valence electrons. The summed E-state index contributed by atoms with van der Waals surface area (Å²) in [7, 11) is 0. The highest BCUT2D eigenvalue weighted by molar-refractivity contribution is 7.80. The van der Waals surface area contributed by atoms with Crippen LogP contribution in [-0.2, 0) is 24.0 Å². The Kier molecular flexibility index (Phi) is 16.4. The number of aldehydes is 1. The first-order chi connectivity index (χ1) is 13.9. The number of carboxylic acids is 2. The molecule has 0 aliphatic carbocycles. The Morgan fingerprint density at radius 2 is 1.67 bits per heavy atom. The lowest BCUT2D eigenvalue weighted by Crippen LogP contribution is -2.49. The molecule has 0 rings (SSSR count). The fraction of sp³-hybridized carbons (Fsp3) is 0.667. The molecule has 0 fully saturated rings. The number of carbonyl (C=O) groups excluding carboxylic acids is 3. The van der Waals surface area contributed by atoms with Crippen LogP contribution in [0.2, 0.25) is 0 Å². The van der Waals surface area contributed by atoms with Crippen LogP contribution >= 0.6 is 12.6 Å². The Bertz CT molecular complexity index is 578. The molecule has 0 aromatic rings. The number of rotatable bonds is 13. The zero-order chi connectivity index (χ0) is 23.9. The van der Waals surface area contributed by atoms with Crippen LogP contribution in [-0.4, -0.2) is 110 Å². The Balaban J connectivity index is 0. The number of carbonyl (C=O) groups is 5. The second kappa shape index (κ2) is 16.5. The Hall–Kier alpha value is -2.30. The second-order valence-corrected chi connectivity index (χ2v) is 6.13. The molecule has 0 heterocycles. The van der Waals surface area contributed by atoms with Gasteiger partial charge in [0.2, 0.25) is 11.8 Å². The lowest BCUT2D eigenvalue weighted by Gasteiger charge is -2.16. The average molecular weight is 457 g/mol. The number of aliphatic hydroxyl groups is 4. The second-order valence-electron chi connectivity index (χ2n) is 5.76. The SMILES string of the molecule is N[C@@H](CCC(=O)N[C@@H](CS)C(=O)NCC(=O)O)C(=O)O.O=C[C@H](O)[C@H](O)[C@H](O)CO. The molecule has 0 aliphatic rings. The van der Waals surface area contributed by atoms with Crippen LogP contribution in [0.1, 0.15) is 12.8 Å². The first-order valence-corrected chi connectivity index (χ1v) is 9.02. The van der Waals surface area contributed by atoms with Crippen molar-refractivity contribution in [1.29, 1.82) is 0 Å². The number of aliphatic hydroxyl groups excluding tert-OH is 4. The third kappa shape index (κ3) is 13.8. The minimum absolute atomic E-state index is 0.0256. The highest BCUT2D eigenvalue weighted by Crippen LogP contribution is 1.97. The summed E-state index contributed by atoms with van der Waals surface area (Å²) in [5.41, 5.74) is 5.23. The van der Waals surface area contributed by atoms with Gasteiger partial charge < -0.3 is 51.8 Å². The van der Waals surface area contributed by atoms with Gasteiger partial charge in [-0.3, -0.25) is 19.2 Å². The Labute approximate surface area is 176 Å². The highest BCUT2D eigenvalue weighted by atomic mass is 32.1. The van der Waals surface area contributed by atoms with Gasteiger partial charge in [0.1, 0.15) is 36.9 Å². The van der Waals surface area contributed by atoms with E-state index in [1.165, 1.54) is 0 Å². The largest absolute Gasteiger partial charge is 0.480 e. The number of amides is 2. The number of nitrogens with two attached hydrogens (primary N) is 1. The third-order valence-electron chi connectivity index (χ3n) is 3.32. The quantitative estimate of drug-likeness (QED) is 0.0921. The summed E-state index contributed by atoms with van der Waals surface area (Å²) in [5.74, 6) is -3.70. The monoisotopic (exact) mass is 457 g/mol. The molecule has 0 unspecified atom stereocenters. The van der Waals surface area contributed by atoms with Crippen molar-refractivity contribution in [1.82, 2.24) is 10.6 Å². The Morgan fingerprint density at radius 3 is 2.07 bits per heavy atom. The van der Waals surface area contributed by atoms with Crippen LogP contribution < -0.4 is 16.4 Å². The molecule has 14 nitrogen and oxygen atoms in total. The van der Waals surface area contributed by atoms with Crippen LogP contribution in [0.15, 0.2) is 0 Å². The van der Waals surface area contributed by atoms with Gasteiger partial charge in [-0.25, -0.2) is 0 Å². The molecule has 0 saturated carbocycles. The van der Waals surface area contributed by atoms with E-state index in [1.807, 2.05) is 0 Å². The number of hydrogen-bond acceptors (Lipinski definition) is 11. The molecule has 30 heavy (non-hydrogen) atoms. The van der Waals surface area contributed by atoms with Crippen molar-refractivity contribution >= 4 is 42.7 Å². The molecule has 10 N–H and O–H groups in total. The number of hydrogen-bond donors (Lipinski definition) is 10. The normalized spacial score (nSPS) is 15.3. The maximum atomic E-state index is 11.5. The van der Waals surface area contributed by atoms with Crippen LogP contribution in [0.25, 0.3) is 0 Å². The van der Waals surface area contributed by atoms with Gasteiger partial charge in [0.25, 0.3) is 0 Å². The van der Waals surface area contributed by atoms with Crippen molar-refractivity contribution in [2.75, 3.05) is 18.9 Å². The molecule has 0 aromatic heterocycles. The van der Waals surface area contributed by atoms with Crippen molar-refractivity contribution in [2.24, 2.45) is 5.73 Å². The molecule has 0 bridgehead atoms. The molecule has 0 aliphatic heterocycles. The van der Waals surface area contributed by atoms with Crippen molar-refractivity contribution < 1.29 is 54.6 Å². The van der Waals surface area contributed by atoms with Crippen LogP contribution in [0.3, 0.4) is 0 Å². The molecule has 0 spiro atoms. The molecule has 5 atom stereocenters. The van der Waals surface area contributed by atoms with Gasteiger partial charge in [-0.2, -0.15) is 12.6 Å². The smallest absolute Gasteiger partial charge is 0.322 e. The van der Waals surface area contributed by atoms with E-state index in [9.17, 15) is 24.0 Å². The van der Waals surface area contributed by atoms with Crippen molar-refractivity contribution in [2.45, 2.75) is 43.2 Å². The third-order valence-corrected chi connectivity index (χ3v) is 3.68. The van der Waals surface area contributed by atoms with Gasteiger partial charge in [0.15, 0.2) is 6.29 Å². The van der Waals surface area contributed by atoms with Gasteiger partial charge in [-0.05, 0) is 6.42 Å². The van der Waals surface area contributed by atoms with Gasteiger partial charge in [0.05, 0.1) is 6.61 Å². The van der Waals surface area contributed by atoms with Crippen molar-refractivity contribution in [3.8, 4) is 0 Å². The summed E-state index contributed by atoms with van der Waals surface area (Å²) >= 11 is 3.87. The van der Waals surface area contributed by atoms with E-state index in [4.69, 9.17) is 36.4 Å². The summed E-state index contributed by atoms with van der Waals surface area (Å²) in [6.07, 6.45) is -4.87. The van der Waals surface area contributed by atoms with E-state index < -0.39 is 67.3 Å². The number of nitrogens with one attached hydrogen (secondary N) is 2. The molecular formula is C15H27N3O11S. The zero-order valence-electron chi connectivity index (χ0n) is 15.7. The van der Waals surface area contributed by atoms with E-state index in [2.05, 4.69) is 23.3 Å². The minimum Gasteiger partial charge on any atom is -0.480 e. The van der Waals surface area contributed by atoms with E-state index in [1.54, 1.807) is 0 Å².